The molecule has 3 aliphatic rings. The highest BCUT2D eigenvalue weighted by Crippen LogP contribution is 2.60. The van der Waals surface area contributed by atoms with Gasteiger partial charge >= 0.3 is 0 Å². The van der Waals surface area contributed by atoms with Crippen molar-refractivity contribution in [3.8, 4) is 0 Å². The fourth-order valence-electron chi connectivity index (χ4n) is 4.84. The van der Waals surface area contributed by atoms with Crippen molar-refractivity contribution in [1.82, 2.24) is 0 Å². The first kappa shape index (κ1) is 9.00. The second-order valence-corrected chi connectivity index (χ2v) is 5.67. The van der Waals surface area contributed by atoms with Gasteiger partial charge in [0.25, 0.3) is 0 Å². The van der Waals surface area contributed by atoms with E-state index in [4.69, 9.17) is 0 Å². The van der Waals surface area contributed by atoms with Crippen LogP contribution in [0.15, 0.2) is 12.2 Å². The zero-order valence-electron chi connectivity index (χ0n) is 9.45. The lowest BCUT2D eigenvalue weighted by Crippen LogP contribution is -2.20. The van der Waals surface area contributed by atoms with Crippen LogP contribution in [0.1, 0.15) is 39.5 Å². The third kappa shape index (κ3) is 1.00. The monoisotopic (exact) mass is 190 g/mol. The van der Waals surface area contributed by atoms with E-state index in [0.29, 0.717) is 0 Å². The van der Waals surface area contributed by atoms with E-state index in [0.717, 1.165) is 35.5 Å². The lowest BCUT2D eigenvalue weighted by Gasteiger charge is -2.26. The minimum Gasteiger partial charge on any atom is -0.0848 e. The van der Waals surface area contributed by atoms with Crippen LogP contribution in [0.5, 0.6) is 0 Å². The standard InChI is InChI=1S/C14H22/c1-3-9-8-13-10-5-6-11(7-10)14(13)12(9)4-2/h5-6,9-14H,3-4,7-8H2,1-2H3. The van der Waals surface area contributed by atoms with Crippen LogP contribution in [0.2, 0.25) is 0 Å². The van der Waals surface area contributed by atoms with Crippen LogP contribution in [-0.4, -0.2) is 0 Å². The molecule has 14 heavy (non-hydrogen) atoms. The van der Waals surface area contributed by atoms with E-state index in [1.165, 1.54) is 19.3 Å². The summed E-state index contributed by atoms with van der Waals surface area (Å²) in [6.07, 6.45) is 11.0. The van der Waals surface area contributed by atoms with Crippen molar-refractivity contribution in [2.24, 2.45) is 35.5 Å². The van der Waals surface area contributed by atoms with E-state index >= 15 is 0 Å². The molecule has 2 fully saturated rings. The largest absolute Gasteiger partial charge is 0.0848 e. The lowest BCUT2D eigenvalue weighted by molar-refractivity contribution is 0.248. The maximum absolute atomic E-state index is 2.53. The first-order valence-electron chi connectivity index (χ1n) is 6.53. The molecule has 3 rings (SSSR count). The summed E-state index contributed by atoms with van der Waals surface area (Å²) in [7, 11) is 0. The fourth-order valence-corrected chi connectivity index (χ4v) is 4.84. The van der Waals surface area contributed by atoms with Crippen molar-refractivity contribution in [1.29, 1.82) is 0 Å². The summed E-state index contributed by atoms with van der Waals surface area (Å²) in [6, 6.07) is 0. The lowest BCUT2D eigenvalue weighted by atomic mass is 9.78. The van der Waals surface area contributed by atoms with Crippen molar-refractivity contribution in [2.45, 2.75) is 39.5 Å². The third-order valence-electron chi connectivity index (χ3n) is 5.36. The zero-order valence-corrected chi connectivity index (χ0v) is 9.45. The Morgan fingerprint density at radius 3 is 2.50 bits per heavy atom. The van der Waals surface area contributed by atoms with Crippen molar-refractivity contribution >= 4 is 0 Å². The highest BCUT2D eigenvalue weighted by atomic mass is 14.6. The Labute approximate surface area is 87.8 Å². The molecule has 0 heterocycles. The van der Waals surface area contributed by atoms with E-state index in [1.54, 1.807) is 6.42 Å². The minimum atomic E-state index is 0.978. The van der Waals surface area contributed by atoms with Crippen molar-refractivity contribution < 1.29 is 0 Å². The van der Waals surface area contributed by atoms with E-state index in [2.05, 4.69) is 26.0 Å². The van der Waals surface area contributed by atoms with Crippen LogP contribution < -0.4 is 0 Å². The van der Waals surface area contributed by atoms with Crippen LogP contribution >= 0.6 is 0 Å². The van der Waals surface area contributed by atoms with Gasteiger partial charge in [0.1, 0.15) is 0 Å². The Morgan fingerprint density at radius 2 is 1.79 bits per heavy atom. The molecule has 0 nitrogen and oxygen atoms in total. The molecular weight excluding hydrogens is 168 g/mol. The summed E-state index contributed by atoms with van der Waals surface area (Å²) < 4.78 is 0. The number of rotatable bonds is 2. The summed E-state index contributed by atoms with van der Waals surface area (Å²) >= 11 is 0. The fraction of sp³-hybridized carbons (Fsp3) is 0.857. The number of fused-ring (bicyclic) bond motifs is 5. The third-order valence-corrected chi connectivity index (χ3v) is 5.36. The van der Waals surface area contributed by atoms with Crippen LogP contribution in [0.4, 0.5) is 0 Å². The van der Waals surface area contributed by atoms with Gasteiger partial charge in [-0.2, -0.15) is 0 Å². The molecule has 78 valence electrons. The van der Waals surface area contributed by atoms with Gasteiger partial charge in [-0.3, -0.25) is 0 Å². The molecule has 0 N–H and O–H groups in total. The van der Waals surface area contributed by atoms with Gasteiger partial charge in [-0.15, -0.1) is 0 Å². The van der Waals surface area contributed by atoms with Crippen molar-refractivity contribution in [3.05, 3.63) is 12.2 Å². The summed E-state index contributed by atoms with van der Waals surface area (Å²) in [4.78, 5) is 0. The average molecular weight is 190 g/mol. The molecular formula is C14H22. The molecule has 0 spiro atoms. The number of allylic oxidation sites excluding steroid dienone is 2. The molecule has 0 aromatic heterocycles. The summed E-state index contributed by atoms with van der Waals surface area (Å²) in [5, 5.41) is 0. The van der Waals surface area contributed by atoms with Crippen molar-refractivity contribution in [3.63, 3.8) is 0 Å². The molecule has 0 heteroatoms. The van der Waals surface area contributed by atoms with Crippen LogP contribution in [0.25, 0.3) is 0 Å². The maximum Gasteiger partial charge on any atom is -0.0194 e. The number of hydrogen-bond acceptors (Lipinski definition) is 0. The highest BCUT2D eigenvalue weighted by Gasteiger charge is 2.53. The highest BCUT2D eigenvalue weighted by molar-refractivity contribution is 5.17. The van der Waals surface area contributed by atoms with Gasteiger partial charge in [-0.05, 0) is 48.3 Å². The number of hydrogen-bond donors (Lipinski definition) is 0. The minimum absolute atomic E-state index is 0.978. The molecule has 0 saturated heterocycles. The van der Waals surface area contributed by atoms with Gasteiger partial charge in [0.15, 0.2) is 0 Å². The molecule has 6 atom stereocenters. The Morgan fingerprint density at radius 1 is 1.00 bits per heavy atom. The smallest absolute Gasteiger partial charge is 0.0194 e. The maximum atomic E-state index is 2.53. The second-order valence-electron chi connectivity index (χ2n) is 5.67. The van der Waals surface area contributed by atoms with Gasteiger partial charge in [0.05, 0.1) is 0 Å². The van der Waals surface area contributed by atoms with E-state index in [9.17, 15) is 0 Å². The average Bonchev–Trinajstić information content (AvgIpc) is 2.87. The van der Waals surface area contributed by atoms with E-state index in [1.807, 2.05) is 0 Å². The molecule has 6 unspecified atom stereocenters. The van der Waals surface area contributed by atoms with Crippen molar-refractivity contribution in [2.75, 3.05) is 0 Å². The Hall–Kier alpha value is -0.260. The normalized spacial score (nSPS) is 54.1. The van der Waals surface area contributed by atoms with Gasteiger partial charge in [0, 0.05) is 0 Å². The van der Waals surface area contributed by atoms with Gasteiger partial charge in [-0.1, -0.05) is 38.8 Å². The molecule has 0 aromatic carbocycles. The van der Waals surface area contributed by atoms with Crippen LogP contribution in [0, 0.1) is 35.5 Å². The molecule has 0 amide bonds. The van der Waals surface area contributed by atoms with Crippen LogP contribution in [0.3, 0.4) is 0 Å². The molecule has 0 aliphatic heterocycles. The molecule has 3 aliphatic carbocycles. The van der Waals surface area contributed by atoms with E-state index < -0.39 is 0 Å². The summed E-state index contributed by atoms with van der Waals surface area (Å²) in [5.74, 6) is 6.24. The Balaban J connectivity index is 1.87. The first-order chi connectivity index (χ1) is 6.85. The van der Waals surface area contributed by atoms with E-state index in [-0.39, 0.29) is 0 Å². The predicted octanol–water partition coefficient (Wildman–Crippen LogP) is 3.88. The summed E-state index contributed by atoms with van der Waals surface area (Å²) in [6.45, 7) is 4.80. The Kier molecular flexibility index (Phi) is 2.00. The molecule has 0 radical (unpaired) electrons. The van der Waals surface area contributed by atoms with Gasteiger partial charge < -0.3 is 0 Å². The van der Waals surface area contributed by atoms with Gasteiger partial charge in [-0.25, -0.2) is 0 Å². The zero-order chi connectivity index (χ0) is 9.71. The Bertz CT molecular complexity index is 253. The molecule has 2 bridgehead atoms. The predicted molar refractivity (Wildman–Crippen MR) is 59.9 cm³/mol. The SMILES string of the molecule is CCC1CC2C3C=CC(C3)C2C1CC. The second kappa shape index (κ2) is 3.12. The first-order valence-corrected chi connectivity index (χ1v) is 6.53. The quantitative estimate of drug-likeness (QED) is 0.580. The van der Waals surface area contributed by atoms with Gasteiger partial charge in [0.2, 0.25) is 0 Å². The summed E-state index contributed by atoms with van der Waals surface area (Å²) in [5.41, 5.74) is 0. The topological polar surface area (TPSA) is 0 Å². The van der Waals surface area contributed by atoms with Crippen LogP contribution in [-0.2, 0) is 0 Å². The molecule has 2 saturated carbocycles. The molecule has 0 aromatic rings.